The molecule has 5 nitrogen and oxygen atoms in total. The van der Waals surface area contributed by atoms with E-state index in [2.05, 4.69) is 9.71 Å². The average molecular weight is 340 g/mol. The van der Waals surface area contributed by atoms with Crippen molar-refractivity contribution in [1.82, 2.24) is 9.71 Å². The molecule has 0 spiro atoms. The van der Waals surface area contributed by atoms with Gasteiger partial charge in [0.25, 0.3) is 0 Å². The van der Waals surface area contributed by atoms with Gasteiger partial charge in [-0.05, 0) is 44.5 Å². The van der Waals surface area contributed by atoms with Crippen molar-refractivity contribution in [2.45, 2.75) is 44.2 Å². The molecule has 0 saturated carbocycles. The molecule has 0 aliphatic rings. The molecule has 0 unspecified atom stereocenters. The SMILES string of the molecule is CC[C@@H](NS(=O)(=O)c1ccc(OC(C)C)cc1)c1nccs1. The molecule has 120 valence electrons. The molecule has 0 bridgehead atoms. The van der Waals surface area contributed by atoms with Gasteiger partial charge in [0.15, 0.2) is 0 Å². The summed E-state index contributed by atoms with van der Waals surface area (Å²) >= 11 is 1.44. The first-order valence-electron chi connectivity index (χ1n) is 7.11. The number of nitrogens with one attached hydrogen (secondary N) is 1. The zero-order valence-corrected chi connectivity index (χ0v) is 14.4. The van der Waals surface area contributed by atoms with Crippen molar-refractivity contribution in [2.75, 3.05) is 0 Å². The summed E-state index contributed by atoms with van der Waals surface area (Å²) in [5.74, 6) is 0.654. The van der Waals surface area contributed by atoms with Crippen molar-refractivity contribution in [3.8, 4) is 5.75 Å². The van der Waals surface area contributed by atoms with E-state index in [0.717, 1.165) is 5.01 Å². The van der Waals surface area contributed by atoms with Crippen LogP contribution in [0.1, 0.15) is 38.2 Å². The van der Waals surface area contributed by atoms with Gasteiger partial charge in [-0.3, -0.25) is 0 Å². The molecular formula is C15H20N2O3S2. The molecule has 1 heterocycles. The minimum atomic E-state index is -3.58. The van der Waals surface area contributed by atoms with Crippen LogP contribution in [0.25, 0.3) is 0 Å². The molecule has 0 fully saturated rings. The number of rotatable bonds is 7. The van der Waals surface area contributed by atoms with Gasteiger partial charge in [-0.2, -0.15) is 0 Å². The number of benzene rings is 1. The zero-order valence-electron chi connectivity index (χ0n) is 12.8. The van der Waals surface area contributed by atoms with Gasteiger partial charge in [0.1, 0.15) is 10.8 Å². The highest BCUT2D eigenvalue weighted by Gasteiger charge is 2.21. The zero-order chi connectivity index (χ0) is 16.2. The fourth-order valence-corrected chi connectivity index (χ4v) is 4.07. The molecule has 1 aromatic heterocycles. The second-order valence-electron chi connectivity index (χ2n) is 5.09. The third-order valence-corrected chi connectivity index (χ3v) is 5.34. The lowest BCUT2D eigenvalue weighted by atomic mass is 10.3. The molecule has 2 aromatic rings. The summed E-state index contributed by atoms with van der Waals surface area (Å²) in [5.41, 5.74) is 0. The average Bonchev–Trinajstić information content (AvgIpc) is 2.99. The fraction of sp³-hybridized carbons (Fsp3) is 0.400. The van der Waals surface area contributed by atoms with Gasteiger partial charge in [0, 0.05) is 11.6 Å². The highest BCUT2D eigenvalue weighted by molar-refractivity contribution is 7.89. The van der Waals surface area contributed by atoms with Crippen LogP contribution in [0.5, 0.6) is 5.75 Å². The Kier molecular flexibility index (Phi) is 5.55. The van der Waals surface area contributed by atoms with Crippen LogP contribution in [0, 0.1) is 0 Å². The molecule has 0 aliphatic carbocycles. The largest absolute Gasteiger partial charge is 0.491 e. The lowest BCUT2D eigenvalue weighted by molar-refractivity contribution is 0.242. The molecule has 7 heteroatoms. The van der Waals surface area contributed by atoms with E-state index in [-0.39, 0.29) is 17.0 Å². The Morgan fingerprint density at radius 2 is 1.95 bits per heavy atom. The predicted molar refractivity (Wildman–Crippen MR) is 87.7 cm³/mol. The first-order chi connectivity index (χ1) is 10.4. The number of thiazole rings is 1. The Morgan fingerprint density at radius 1 is 1.27 bits per heavy atom. The Morgan fingerprint density at radius 3 is 2.45 bits per heavy atom. The molecule has 0 aliphatic heterocycles. The first-order valence-corrected chi connectivity index (χ1v) is 9.47. The molecule has 1 atom stereocenters. The Hall–Kier alpha value is -1.44. The van der Waals surface area contributed by atoms with Crippen molar-refractivity contribution in [3.63, 3.8) is 0 Å². The van der Waals surface area contributed by atoms with Gasteiger partial charge in [-0.1, -0.05) is 6.92 Å². The normalized spacial score (nSPS) is 13.3. The monoisotopic (exact) mass is 340 g/mol. The lowest BCUT2D eigenvalue weighted by Gasteiger charge is -2.15. The maximum Gasteiger partial charge on any atom is 0.241 e. The lowest BCUT2D eigenvalue weighted by Crippen LogP contribution is -2.28. The van der Waals surface area contributed by atoms with E-state index >= 15 is 0 Å². The van der Waals surface area contributed by atoms with Gasteiger partial charge in [-0.25, -0.2) is 18.1 Å². The van der Waals surface area contributed by atoms with E-state index in [1.54, 1.807) is 30.5 Å². The molecule has 0 radical (unpaired) electrons. The van der Waals surface area contributed by atoms with E-state index in [9.17, 15) is 8.42 Å². The maximum absolute atomic E-state index is 12.5. The van der Waals surface area contributed by atoms with Crippen LogP contribution >= 0.6 is 11.3 Å². The predicted octanol–water partition coefficient (Wildman–Crippen LogP) is 3.36. The minimum Gasteiger partial charge on any atom is -0.491 e. The molecule has 1 N–H and O–H groups in total. The van der Waals surface area contributed by atoms with Crippen LogP contribution in [0.4, 0.5) is 0 Å². The Balaban J connectivity index is 2.15. The van der Waals surface area contributed by atoms with Gasteiger partial charge in [-0.15, -0.1) is 11.3 Å². The molecule has 0 amide bonds. The standard InChI is InChI=1S/C15H20N2O3S2/c1-4-14(15-16-9-10-21-15)17-22(18,19)13-7-5-12(6-8-13)20-11(2)3/h5-11,14,17H,4H2,1-3H3/t14-/m1/s1. The summed E-state index contributed by atoms with van der Waals surface area (Å²) in [6.45, 7) is 5.77. The fourth-order valence-electron chi connectivity index (χ4n) is 1.94. The van der Waals surface area contributed by atoms with Crippen LogP contribution in [0.2, 0.25) is 0 Å². The molecule has 1 aromatic carbocycles. The smallest absolute Gasteiger partial charge is 0.241 e. The number of hydrogen-bond donors (Lipinski definition) is 1. The van der Waals surface area contributed by atoms with Crippen molar-refractivity contribution in [2.24, 2.45) is 0 Å². The second-order valence-corrected chi connectivity index (χ2v) is 7.73. The van der Waals surface area contributed by atoms with E-state index in [1.165, 1.54) is 11.3 Å². The highest BCUT2D eigenvalue weighted by atomic mass is 32.2. The van der Waals surface area contributed by atoms with Crippen molar-refractivity contribution in [1.29, 1.82) is 0 Å². The van der Waals surface area contributed by atoms with Crippen LogP contribution in [-0.2, 0) is 10.0 Å². The minimum absolute atomic E-state index is 0.0509. The summed E-state index contributed by atoms with van der Waals surface area (Å²) in [6, 6.07) is 6.12. The Labute approximate surface area is 135 Å². The number of aromatic nitrogens is 1. The van der Waals surface area contributed by atoms with E-state index in [0.29, 0.717) is 12.2 Å². The summed E-state index contributed by atoms with van der Waals surface area (Å²) < 4.78 is 33.1. The molecule has 2 rings (SSSR count). The van der Waals surface area contributed by atoms with Crippen molar-refractivity contribution in [3.05, 3.63) is 40.8 Å². The Bertz CT molecular complexity index is 680. The summed E-state index contributed by atoms with van der Waals surface area (Å²) in [6.07, 6.45) is 2.37. The first kappa shape index (κ1) is 16.9. The van der Waals surface area contributed by atoms with Crippen LogP contribution in [-0.4, -0.2) is 19.5 Å². The van der Waals surface area contributed by atoms with Gasteiger partial charge in [0.2, 0.25) is 10.0 Å². The number of hydrogen-bond acceptors (Lipinski definition) is 5. The van der Waals surface area contributed by atoms with Crippen molar-refractivity contribution >= 4 is 21.4 Å². The van der Waals surface area contributed by atoms with Gasteiger partial charge < -0.3 is 4.74 Å². The van der Waals surface area contributed by atoms with E-state index in [1.807, 2.05) is 26.2 Å². The van der Waals surface area contributed by atoms with Crippen LogP contribution < -0.4 is 9.46 Å². The van der Waals surface area contributed by atoms with Gasteiger partial charge in [0.05, 0.1) is 17.0 Å². The number of sulfonamides is 1. The van der Waals surface area contributed by atoms with Crippen LogP contribution in [0.15, 0.2) is 40.7 Å². The molecule has 0 saturated heterocycles. The van der Waals surface area contributed by atoms with Gasteiger partial charge >= 0.3 is 0 Å². The third kappa shape index (κ3) is 4.28. The third-order valence-electron chi connectivity index (χ3n) is 2.96. The van der Waals surface area contributed by atoms with E-state index in [4.69, 9.17) is 4.74 Å². The number of nitrogens with zero attached hydrogens (tertiary/aromatic N) is 1. The van der Waals surface area contributed by atoms with Crippen molar-refractivity contribution < 1.29 is 13.2 Å². The maximum atomic E-state index is 12.5. The van der Waals surface area contributed by atoms with E-state index < -0.39 is 10.0 Å². The molecular weight excluding hydrogens is 320 g/mol. The quantitative estimate of drug-likeness (QED) is 0.839. The second kappa shape index (κ2) is 7.21. The molecule has 22 heavy (non-hydrogen) atoms. The summed E-state index contributed by atoms with van der Waals surface area (Å²) in [5, 5.41) is 2.61. The highest BCUT2D eigenvalue weighted by Crippen LogP contribution is 2.23. The summed E-state index contributed by atoms with van der Waals surface area (Å²) in [4.78, 5) is 4.40. The topological polar surface area (TPSA) is 68.3 Å². The van der Waals surface area contributed by atoms with Crippen LogP contribution in [0.3, 0.4) is 0 Å². The number of ether oxygens (including phenoxy) is 1. The summed E-state index contributed by atoms with van der Waals surface area (Å²) in [7, 11) is -3.58.